The van der Waals surface area contributed by atoms with E-state index in [0.717, 1.165) is 5.92 Å². The lowest BCUT2D eigenvalue weighted by Gasteiger charge is -2.32. The molecule has 1 aromatic rings. The minimum absolute atomic E-state index is 0.322. The third kappa shape index (κ3) is 3.08. The van der Waals surface area contributed by atoms with Crippen LogP contribution in [0.3, 0.4) is 0 Å². The maximum absolute atomic E-state index is 5.77. The van der Waals surface area contributed by atoms with Crippen LogP contribution < -0.4 is 11.3 Å². The lowest BCUT2D eigenvalue weighted by Crippen LogP contribution is -2.35. The number of hydrogen-bond donors (Lipinski definition) is 2. The largest absolute Gasteiger partial charge is 0.271 e. The molecule has 0 amide bonds. The highest BCUT2D eigenvalue weighted by atomic mass is 15.2. The van der Waals surface area contributed by atoms with E-state index in [2.05, 4.69) is 43.5 Å². The van der Waals surface area contributed by atoms with Crippen LogP contribution in [-0.2, 0) is 0 Å². The molecule has 17 heavy (non-hydrogen) atoms. The molecule has 1 saturated carbocycles. The van der Waals surface area contributed by atoms with E-state index in [1.165, 1.54) is 36.8 Å². The standard InChI is InChI=1S/C15H24N2/c1-11-6-8-13(9-7-11)15(17-16)14-5-3-4-12(2)10-14/h3-5,10-11,13,15,17H,6-9,16H2,1-2H3. The zero-order valence-corrected chi connectivity index (χ0v) is 10.9. The summed E-state index contributed by atoms with van der Waals surface area (Å²) in [6, 6.07) is 9.03. The number of rotatable bonds is 3. The van der Waals surface area contributed by atoms with Gasteiger partial charge in [0.05, 0.1) is 0 Å². The van der Waals surface area contributed by atoms with Crippen molar-refractivity contribution in [2.75, 3.05) is 0 Å². The average molecular weight is 232 g/mol. The molecule has 94 valence electrons. The lowest BCUT2D eigenvalue weighted by molar-refractivity contribution is 0.232. The Morgan fingerprint density at radius 2 is 1.94 bits per heavy atom. The maximum Gasteiger partial charge on any atom is 0.0488 e. The van der Waals surface area contributed by atoms with E-state index < -0.39 is 0 Å². The van der Waals surface area contributed by atoms with E-state index in [9.17, 15) is 0 Å². The molecule has 0 aromatic heterocycles. The highest BCUT2D eigenvalue weighted by molar-refractivity contribution is 5.25. The molecule has 1 aliphatic carbocycles. The second-order valence-electron chi connectivity index (χ2n) is 5.58. The van der Waals surface area contributed by atoms with Gasteiger partial charge in [0, 0.05) is 6.04 Å². The van der Waals surface area contributed by atoms with Crippen LogP contribution in [0.4, 0.5) is 0 Å². The summed E-state index contributed by atoms with van der Waals surface area (Å²) in [5, 5.41) is 0. The zero-order chi connectivity index (χ0) is 12.3. The minimum atomic E-state index is 0.322. The maximum atomic E-state index is 5.77. The van der Waals surface area contributed by atoms with Gasteiger partial charge in [0.15, 0.2) is 0 Å². The van der Waals surface area contributed by atoms with Crippen molar-refractivity contribution in [1.29, 1.82) is 0 Å². The fourth-order valence-corrected chi connectivity index (χ4v) is 2.99. The highest BCUT2D eigenvalue weighted by Gasteiger charge is 2.26. The van der Waals surface area contributed by atoms with Crippen LogP contribution in [-0.4, -0.2) is 0 Å². The van der Waals surface area contributed by atoms with Crippen LogP contribution in [0.5, 0.6) is 0 Å². The molecule has 0 spiro atoms. The van der Waals surface area contributed by atoms with Gasteiger partial charge in [-0.1, -0.05) is 49.6 Å². The van der Waals surface area contributed by atoms with Crippen LogP contribution in [0.2, 0.25) is 0 Å². The lowest BCUT2D eigenvalue weighted by atomic mass is 9.77. The Morgan fingerprint density at radius 3 is 2.53 bits per heavy atom. The Bertz CT molecular complexity index is 354. The second kappa shape index (κ2) is 5.65. The van der Waals surface area contributed by atoms with Crippen molar-refractivity contribution in [1.82, 2.24) is 5.43 Å². The Morgan fingerprint density at radius 1 is 1.24 bits per heavy atom. The van der Waals surface area contributed by atoms with Crippen molar-refractivity contribution in [2.24, 2.45) is 17.7 Å². The molecule has 0 saturated heterocycles. The number of benzene rings is 1. The summed E-state index contributed by atoms with van der Waals surface area (Å²) in [5.41, 5.74) is 5.68. The second-order valence-corrected chi connectivity index (χ2v) is 5.58. The van der Waals surface area contributed by atoms with Gasteiger partial charge in [-0.2, -0.15) is 0 Å². The summed E-state index contributed by atoms with van der Waals surface area (Å²) < 4.78 is 0. The van der Waals surface area contributed by atoms with Crippen molar-refractivity contribution in [3.8, 4) is 0 Å². The van der Waals surface area contributed by atoms with Crippen molar-refractivity contribution < 1.29 is 0 Å². The Labute approximate surface area is 105 Å². The van der Waals surface area contributed by atoms with Gasteiger partial charge in [-0.3, -0.25) is 11.3 Å². The molecule has 2 rings (SSSR count). The van der Waals surface area contributed by atoms with Crippen LogP contribution >= 0.6 is 0 Å². The van der Waals surface area contributed by atoms with Gasteiger partial charge in [-0.25, -0.2) is 0 Å². The van der Waals surface area contributed by atoms with E-state index in [4.69, 9.17) is 5.84 Å². The molecular formula is C15H24N2. The molecule has 1 aromatic carbocycles. The summed E-state index contributed by atoms with van der Waals surface area (Å²) in [5.74, 6) is 7.35. The SMILES string of the molecule is Cc1cccc(C(NN)C2CCC(C)CC2)c1. The zero-order valence-electron chi connectivity index (χ0n) is 10.9. The first kappa shape index (κ1) is 12.6. The Balaban J connectivity index is 2.10. The van der Waals surface area contributed by atoms with E-state index in [0.29, 0.717) is 12.0 Å². The molecule has 0 heterocycles. The summed E-state index contributed by atoms with van der Waals surface area (Å²) in [6.45, 7) is 4.49. The number of hydrogen-bond acceptors (Lipinski definition) is 2. The molecule has 2 nitrogen and oxygen atoms in total. The molecule has 1 fully saturated rings. The van der Waals surface area contributed by atoms with Gasteiger partial charge in [0.25, 0.3) is 0 Å². The molecule has 1 atom stereocenters. The summed E-state index contributed by atoms with van der Waals surface area (Å²) in [4.78, 5) is 0. The molecule has 2 heteroatoms. The molecule has 1 unspecified atom stereocenters. The fourth-order valence-electron chi connectivity index (χ4n) is 2.99. The number of nitrogens with one attached hydrogen (secondary N) is 1. The van der Waals surface area contributed by atoms with Gasteiger partial charge in [0.2, 0.25) is 0 Å². The fraction of sp³-hybridized carbons (Fsp3) is 0.600. The quantitative estimate of drug-likeness (QED) is 0.619. The molecule has 3 N–H and O–H groups in total. The summed E-state index contributed by atoms with van der Waals surface area (Å²) in [6.07, 6.45) is 5.28. The molecule has 1 aliphatic rings. The summed E-state index contributed by atoms with van der Waals surface area (Å²) >= 11 is 0. The highest BCUT2D eigenvalue weighted by Crippen LogP contribution is 2.36. The average Bonchev–Trinajstić information content (AvgIpc) is 2.33. The third-order valence-corrected chi connectivity index (χ3v) is 4.11. The molecule has 0 bridgehead atoms. The minimum Gasteiger partial charge on any atom is -0.271 e. The van der Waals surface area contributed by atoms with Crippen LogP contribution in [0.25, 0.3) is 0 Å². The van der Waals surface area contributed by atoms with Gasteiger partial charge < -0.3 is 0 Å². The first-order valence-corrected chi connectivity index (χ1v) is 6.73. The van der Waals surface area contributed by atoms with Crippen molar-refractivity contribution >= 4 is 0 Å². The molecule has 0 radical (unpaired) electrons. The summed E-state index contributed by atoms with van der Waals surface area (Å²) in [7, 11) is 0. The van der Waals surface area contributed by atoms with E-state index in [-0.39, 0.29) is 0 Å². The van der Waals surface area contributed by atoms with E-state index in [1.54, 1.807) is 0 Å². The number of hydrazine groups is 1. The van der Waals surface area contributed by atoms with Gasteiger partial charge in [-0.15, -0.1) is 0 Å². The van der Waals surface area contributed by atoms with E-state index >= 15 is 0 Å². The van der Waals surface area contributed by atoms with Gasteiger partial charge in [0.1, 0.15) is 0 Å². The predicted octanol–water partition coefficient (Wildman–Crippen LogP) is 3.33. The molecular weight excluding hydrogens is 208 g/mol. The first-order chi connectivity index (χ1) is 8.20. The van der Waals surface area contributed by atoms with Crippen LogP contribution in [0.15, 0.2) is 24.3 Å². The van der Waals surface area contributed by atoms with Crippen molar-refractivity contribution in [3.63, 3.8) is 0 Å². The topological polar surface area (TPSA) is 38.0 Å². The third-order valence-electron chi connectivity index (χ3n) is 4.11. The van der Waals surface area contributed by atoms with Crippen molar-refractivity contribution in [2.45, 2.75) is 45.6 Å². The Hall–Kier alpha value is -0.860. The van der Waals surface area contributed by atoms with E-state index in [1.807, 2.05) is 0 Å². The monoisotopic (exact) mass is 232 g/mol. The van der Waals surface area contributed by atoms with Gasteiger partial charge in [-0.05, 0) is 37.2 Å². The number of aryl methyl sites for hydroxylation is 1. The predicted molar refractivity (Wildman–Crippen MR) is 72.4 cm³/mol. The smallest absolute Gasteiger partial charge is 0.0488 e. The van der Waals surface area contributed by atoms with Crippen LogP contribution in [0, 0.1) is 18.8 Å². The first-order valence-electron chi connectivity index (χ1n) is 6.73. The normalized spacial score (nSPS) is 26.8. The molecule has 0 aliphatic heterocycles. The van der Waals surface area contributed by atoms with Gasteiger partial charge >= 0.3 is 0 Å². The van der Waals surface area contributed by atoms with Crippen LogP contribution in [0.1, 0.15) is 49.8 Å². The van der Waals surface area contributed by atoms with Crippen molar-refractivity contribution in [3.05, 3.63) is 35.4 Å². The Kier molecular flexibility index (Phi) is 4.19. The number of nitrogens with two attached hydrogens (primary N) is 1.